The van der Waals surface area contributed by atoms with Crippen LogP contribution in [0.15, 0.2) is 42.1 Å². The molecule has 1 amide bonds. The van der Waals surface area contributed by atoms with Crippen LogP contribution in [0.25, 0.3) is 0 Å². The Balaban J connectivity index is 1.97. The average Bonchev–Trinajstić information content (AvgIpc) is 3.01. The van der Waals surface area contributed by atoms with E-state index in [2.05, 4.69) is 35.9 Å². The van der Waals surface area contributed by atoms with E-state index >= 15 is 0 Å². The molecule has 1 heterocycles. The molecule has 0 bridgehead atoms. The Kier molecular flexibility index (Phi) is 7.84. The van der Waals surface area contributed by atoms with Crippen LogP contribution in [0.4, 0.5) is 4.39 Å². The second-order valence-corrected chi connectivity index (χ2v) is 7.37. The molecule has 0 aliphatic heterocycles. The van der Waals surface area contributed by atoms with Gasteiger partial charge in [0.1, 0.15) is 18.2 Å². The van der Waals surface area contributed by atoms with Crippen LogP contribution in [0.2, 0.25) is 0 Å². The Morgan fingerprint density at radius 2 is 2.04 bits per heavy atom. The Bertz CT molecular complexity index is 762. The van der Waals surface area contributed by atoms with Crippen LogP contribution in [0, 0.1) is 11.7 Å². The van der Waals surface area contributed by atoms with E-state index in [-0.39, 0.29) is 30.1 Å². The molecule has 1 aromatic heterocycles. The van der Waals surface area contributed by atoms with Crippen molar-refractivity contribution in [2.24, 2.45) is 5.92 Å². The maximum absolute atomic E-state index is 13.0. The minimum atomic E-state index is -0.319. The van der Waals surface area contributed by atoms with Gasteiger partial charge in [0, 0.05) is 12.6 Å². The number of carbonyl (C=O) groups is 1. The van der Waals surface area contributed by atoms with Gasteiger partial charge >= 0.3 is 0 Å². The van der Waals surface area contributed by atoms with Crippen molar-refractivity contribution in [3.8, 4) is 5.75 Å². The Labute approximate surface area is 163 Å². The lowest BCUT2D eigenvalue weighted by Crippen LogP contribution is -2.37. The van der Waals surface area contributed by atoms with Gasteiger partial charge < -0.3 is 10.1 Å². The Morgan fingerprint density at radius 3 is 2.67 bits per heavy atom. The number of halogens is 1. The number of thioether (sulfide) groups is 1. The zero-order valence-electron chi connectivity index (χ0n) is 15.8. The quantitative estimate of drug-likeness (QED) is 0.496. The first kappa shape index (κ1) is 21.0. The van der Waals surface area contributed by atoms with E-state index in [1.54, 1.807) is 18.2 Å². The molecule has 0 saturated carbocycles. The average molecular weight is 393 g/mol. The van der Waals surface area contributed by atoms with E-state index in [1.165, 1.54) is 23.9 Å². The number of amides is 1. The standard InChI is InChI=1S/C19H25FN4O2S/c1-5-10-24-17(11-26-16-8-6-15(20)7-9-16)22-23-19(24)27-12-18(25)21-14(4)13(2)3/h5-9,13-14H,1,10-12H2,2-4H3,(H,21,25)/t14-/m0/s1. The number of hydrogen-bond acceptors (Lipinski definition) is 5. The number of hydrogen-bond donors (Lipinski definition) is 1. The second kappa shape index (κ2) is 10.1. The molecule has 1 N–H and O–H groups in total. The van der Waals surface area contributed by atoms with E-state index in [9.17, 15) is 9.18 Å². The molecule has 2 aromatic rings. The van der Waals surface area contributed by atoms with Gasteiger partial charge in [-0.05, 0) is 37.1 Å². The molecule has 146 valence electrons. The number of aromatic nitrogens is 3. The zero-order chi connectivity index (χ0) is 19.8. The molecule has 1 aromatic carbocycles. The molecule has 0 aliphatic carbocycles. The Morgan fingerprint density at radius 1 is 1.33 bits per heavy atom. The van der Waals surface area contributed by atoms with Gasteiger partial charge in [0.15, 0.2) is 11.0 Å². The number of carbonyl (C=O) groups excluding carboxylic acids is 1. The maximum atomic E-state index is 13.0. The van der Waals surface area contributed by atoms with Crippen LogP contribution < -0.4 is 10.1 Å². The molecule has 27 heavy (non-hydrogen) atoms. The van der Waals surface area contributed by atoms with E-state index in [0.717, 1.165) is 0 Å². The first-order chi connectivity index (χ1) is 12.9. The molecular formula is C19H25FN4O2S. The summed E-state index contributed by atoms with van der Waals surface area (Å²) < 4.78 is 20.4. The summed E-state index contributed by atoms with van der Waals surface area (Å²) in [6, 6.07) is 5.89. The third-order valence-electron chi connectivity index (χ3n) is 4.01. The summed E-state index contributed by atoms with van der Waals surface area (Å²) in [5.41, 5.74) is 0. The van der Waals surface area contributed by atoms with Crippen LogP contribution in [-0.4, -0.2) is 32.5 Å². The number of benzene rings is 1. The predicted octanol–water partition coefficient (Wildman–Crippen LogP) is 3.44. The highest BCUT2D eigenvalue weighted by Crippen LogP contribution is 2.19. The lowest BCUT2D eigenvalue weighted by Gasteiger charge is -2.17. The second-order valence-electron chi connectivity index (χ2n) is 6.43. The molecule has 0 fully saturated rings. The van der Waals surface area contributed by atoms with Gasteiger partial charge in [0.25, 0.3) is 0 Å². The summed E-state index contributed by atoms with van der Waals surface area (Å²) in [5, 5.41) is 11.9. The lowest BCUT2D eigenvalue weighted by atomic mass is 10.1. The van der Waals surface area contributed by atoms with Crippen molar-refractivity contribution in [3.63, 3.8) is 0 Å². The van der Waals surface area contributed by atoms with Gasteiger partial charge in [-0.3, -0.25) is 9.36 Å². The molecule has 0 radical (unpaired) electrons. The topological polar surface area (TPSA) is 69.0 Å². The highest BCUT2D eigenvalue weighted by atomic mass is 32.2. The van der Waals surface area contributed by atoms with Gasteiger partial charge in [-0.2, -0.15) is 0 Å². The largest absolute Gasteiger partial charge is 0.486 e. The minimum absolute atomic E-state index is 0.0431. The third kappa shape index (κ3) is 6.39. The van der Waals surface area contributed by atoms with E-state index in [4.69, 9.17) is 4.74 Å². The van der Waals surface area contributed by atoms with E-state index < -0.39 is 0 Å². The van der Waals surface area contributed by atoms with Gasteiger partial charge in [-0.25, -0.2) is 4.39 Å². The molecule has 2 rings (SSSR count). The number of allylic oxidation sites excluding steroid dienone is 1. The first-order valence-corrected chi connectivity index (χ1v) is 9.72. The SMILES string of the molecule is C=CCn1c(COc2ccc(F)cc2)nnc1SCC(=O)N[C@@H](C)C(C)C. The van der Waals surface area contributed by atoms with Crippen molar-refractivity contribution in [3.05, 3.63) is 48.6 Å². The predicted molar refractivity (Wildman–Crippen MR) is 104 cm³/mol. The minimum Gasteiger partial charge on any atom is -0.486 e. The van der Waals surface area contributed by atoms with Crippen molar-refractivity contribution in [2.45, 2.75) is 45.1 Å². The van der Waals surface area contributed by atoms with Gasteiger partial charge in [0.05, 0.1) is 5.75 Å². The monoisotopic (exact) mass is 392 g/mol. The number of nitrogens with zero attached hydrogens (tertiary/aromatic N) is 3. The summed E-state index contributed by atoms with van der Waals surface area (Å²) in [4.78, 5) is 12.1. The van der Waals surface area contributed by atoms with Gasteiger partial charge in [-0.1, -0.05) is 31.7 Å². The van der Waals surface area contributed by atoms with Gasteiger partial charge in [-0.15, -0.1) is 16.8 Å². The highest BCUT2D eigenvalue weighted by molar-refractivity contribution is 7.99. The molecular weight excluding hydrogens is 367 g/mol. The van der Waals surface area contributed by atoms with Crippen LogP contribution in [0.1, 0.15) is 26.6 Å². The number of ether oxygens (including phenoxy) is 1. The summed E-state index contributed by atoms with van der Waals surface area (Å²) in [6.45, 7) is 10.5. The molecule has 0 aliphatic rings. The zero-order valence-corrected chi connectivity index (χ0v) is 16.6. The van der Waals surface area contributed by atoms with E-state index in [0.29, 0.717) is 29.2 Å². The van der Waals surface area contributed by atoms with E-state index in [1.807, 2.05) is 11.5 Å². The molecule has 8 heteroatoms. The number of rotatable bonds is 10. The first-order valence-electron chi connectivity index (χ1n) is 8.74. The van der Waals surface area contributed by atoms with Crippen LogP contribution in [0.3, 0.4) is 0 Å². The molecule has 0 spiro atoms. The summed E-state index contributed by atoms with van der Waals surface area (Å²) in [5.74, 6) is 1.42. The summed E-state index contributed by atoms with van der Waals surface area (Å²) in [6.07, 6.45) is 1.73. The van der Waals surface area contributed by atoms with Crippen molar-refractivity contribution >= 4 is 17.7 Å². The molecule has 0 saturated heterocycles. The van der Waals surface area contributed by atoms with Crippen molar-refractivity contribution in [1.29, 1.82) is 0 Å². The highest BCUT2D eigenvalue weighted by Gasteiger charge is 2.16. The number of nitrogens with one attached hydrogen (secondary N) is 1. The van der Waals surface area contributed by atoms with Crippen molar-refractivity contribution < 1.29 is 13.9 Å². The van der Waals surface area contributed by atoms with Crippen LogP contribution in [0.5, 0.6) is 5.75 Å². The molecule has 1 atom stereocenters. The van der Waals surface area contributed by atoms with Crippen LogP contribution in [-0.2, 0) is 17.9 Å². The molecule has 6 nitrogen and oxygen atoms in total. The van der Waals surface area contributed by atoms with Gasteiger partial charge in [0.2, 0.25) is 5.91 Å². The third-order valence-corrected chi connectivity index (χ3v) is 4.97. The maximum Gasteiger partial charge on any atom is 0.230 e. The van der Waals surface area contributed by atoms with Crippen molar-refractivity contribution in [1.82, 2.24) is 20.1 Å². The summed E-state index contributed by atoms with van der Waals surface area (Å²) >= 11 is 1.32. The normalized spacial score (nSPS) is 12.0. The van der Waals surface area contributed by atoms with Crippen molar-refractivity contribution in [2.75, 3.05) is 5.75 Å². The Hall–Kier alpha value is -2.35. The fraction of sp³-hybridized carbons (Fsp3) is 0.421. The molecule has 0 unspecified atom stereocenters. The smallest absolute Gasteiger partial charge is 0.230 e. The summed E-state index contributed by atoms with van der Waals surface area (Å²) in [7, 11) is 0. The fourth-order valence-electron chi connectivity index (χ4n) is 2.12. The lowest BCUT2D eigenvalue weighted by molar-refractivity contribution is -0.119. The fourth-order valence-corrected chi connectivity index (χ4v) is 2.89. The van der Waals surface area contributed by atoms with Crippen LogP contribution >= 0.6 is 11.8 Å².